The van der Waals surface area contributed by atoms with Crippen molar-refractivity contribution in [1.29, 1.82) is 0 Å². The summed E-state index contributed by atoms with van der Waals surface area (Å²) in [5, 5.41) is 38.2. The molecule has 1 aliphatic heterocycles. The van der Waals surface area contributed by atoms with E-state index < -0.39 is 29.9 Å². The van der Waals surface area contributed by atoms with Crippen LogP contribution in [0.25, 0.3) is 0 Å². The molecule has 1 saturated heterocycles. The summed E-state index contributed by atoms with van der Waals surface area (Å²) < 4.78 is 21.5. The first-order valence-corrected chi connectivity index (χ1v) is 15.2. The second-order valence-corrected chi connectivity index (χ2v) is 10.9. The van der Waals surface area contributed by atoms with Gasteiger partial charge in [0.2, 0.25) is 0 Å². The first-order valence-electron chi connectivity index (χ1n) is 15.2. The summed E-state index contributed by atoms with van der Waals surface area (Å²) in [6, 6.07) is 6.88. The topological polar surface area (TPSA) is 199 Å². The molecule has 46 heavy (non-hydrogen) atoms. The summed E-state index contributed by atoms with van der Waals surface area (Å²) in [6.07, 6.45) is 0.383. The van der Waals surface area contributed by atoms with Crippen LogP contribution in [0.2, 0.25) is 0 Å². The van der Waals surface area contributed by atoms with Gasteiger partial charge in [-0.05, 0) is 24.1 Å². The SMILES string of the molecule is COCCOCCOCCOc1ccc(C[C@@H]2CN(CC(=O)O)CCN(CC(=O)O)CCN(CC(=O)O)CCN2CC(=O)O)cc1. The highest BCUT2D eigenvalue weighted by molar-refractivity contribution is 5.70. The van der Waals surface area contributed by atoms with Gasteiger partial charge >= 0.3 is 23.9 Å². The van der Waals surface area contributed by atoms with Gasteiger partial charge in [-0.3, -0.25) is 38.8 Å². The van der Waals surface area contributed by atoms with Crippen LogP contribution in [0.1, 0.15) is 5.56 Å². The van der Waals surface area contributed by atoms with Crippen LogP contribution < -0.4 is 4.74 Å². The molecule has 1 aromatic rings. The molecule has 0 aromatic heterocycles. The summed E-state index contributed by atoms with van der Waals surface area (Å²) in [5.41, 5.74) is 0.870. The van der Waals surface area contributed by atoms with Gasteiger partial charge in [-0.2, -0.15) is 0 Å². The molecular formula is C30H48N4O12. The fourth-order valence-corrected chi connectivity index (χ4v) is 5.03. The maximum atomic E-state index is 11.9. The molecule has 260 valence electrons. The molecule has 0 spiro atoms. The van der Waals surface area contributed by atoms with E-state index in [1.54, 1.807) is 38.8 Å². The molecule has 1 aliphatic rings. The van der Waals surface area contributed by atoms with Crippen LogP contribution in [0.15, 0.2) is 24.3 Å². The number of methoxy groups -OCH3 is 1. The van der Waals surface area contributed by atoms with Crippen LogP contribution in [-0.2, 0) is 39.8 Å². The van der Waals surface area contributed by atoms with E-state index >= 15 is 0 Å². The van der Waals surface area contributed by atoms with Gasteiger partial charge < -0.3 is 39.4 Å². The van der Waals surface area contributed by atoms with Crippen molar-refractivity contribution < 1.29 is 58.6 Å². The monoisotopic (exact) mass is 656 g/mol. The van der Waals surface area contributed by atoms with Crippen LogP contribution in [0.4, 0.5) is 0 Å². The van der Waals surface area contributed by atoms with Crippen LogP contribution in [-0.4, -0.2) is 189 Å². The lowest BCUT2D eigenvalue weighted by molar-refractivity contribution is -0.142. The van der Waals surface area contributed by atoms with Gasteiger partial charge in [0.1, 0.15) is 12.4 Å². The minimum Gasteiger partial charge on any atom is -0.491 e. The maximum Gasteiger partial charge on any atom is 0.317 e. The molecule has 0 aliphatic carbocycles. The second-order valence-electron chi connectivity index (χ2n) is 10.9. The highest BCUT2D eigenvalue weighted by Gasteiger charge is 2.27. The average molecular weight is 657 g/mol. The number of carboxylic acid groups (broad SMARTS) is 4. The Labute approximate surface area is 269 Å². The fraction of sp³-hybridized carbons (Fsp3) is 0.667. The Balaban J connectivity index is 2.16. The summed E-state index contributed by atoms with van der Waals surface area (Å²) in [4.78, 5) is 53.4. The predicted molar refractivity (Wildman–Crippen MR) is 164 cm³/mol. The fourth-order valence-electron chi connectivity index (χ4n) is 5.03. The van der Waals surface area contributed by atoms with Gasteiger partial charge in [-0.15, -0.1) is 0 Å². The van der Waals surface area contributed by atoms with E-state index in [9.17, 15) is 39.6 Å². The van der Waals surface area contributed by atoms with E-state index in [1.807, 2.05) is 12.1 Å². The zero-order valence-electron chi connectivity index (χ0n) is 26.5. The van der Waals surface area contributed by atoms with Crippen LogP contribution in [0.3, 0.4) is 0 Å². The first kappa shape index (κ1) is 38.8. The molecule has 1 heterocycles. The van der Waals surface area contributed by atoms with Crippen molar-refractivity contribution in [3.8, 4) is 5.75 Å². The molecular weight excluding hydrogens is 608 g/mol. The highest BCUT2D eigenvalue weighted by atomic mass is 16.6. The Morgan fingerprint density at radius 3 is 1.61 bits per heavy atom. The Bertz CT molecular complexity index is 1060. The molecule has 0 unspecified atom stereocenters. The van der Waals surface area contributed by atoms with Gasteiger partial charge in [-0.25, -0.2) is 0 Å². The Hall–Kier alpha value is -3.38. The summed E-state index contributed by atoms with van der Waals surface area (Å²) in [7, 11) is 1.61. The van der Waals surface area contributed by atoms with Gasteiger partial charge in [0, 0.05) is 59.0 Å². The smallest absolute Gasteiger partial charge is 0.317 e. The lowest BCUT2D eigenvalue weighted by Gasteiger charge is -2.37. The van der Waals surface area contributed by atoms with Crippen molar-refractivity contribution in [2.75, 3.05) is 119 Å². The van der Waals surface area contributed by atoms with Crippen molar-refractivity contribution in [3.05, 3.63) is 29.8 Å². The van der Waals surface area contributed by atoms with Crippen LogP contribution in [0.5, 0.6) is 5.75 Å². The number of hydrogen-bond acceptors (Lipinski definition) is 12. The normalized spacial score (nSPS) is 18.0. The summed E-state index contributed by atoms with van der Waals surface area (Å²) in [6.45, 7) is 3.05. The molecule has 1 fully saturated rings. The number of carbonyl (C=O) groups is 4. The molecule has 1 aromatic carbocycles. The molecule has 16 nitrogen and oxygen atoms in total. The van der Waals surface area contributed by atoms with Crippen molar-refractivity contribution >= 4 is 23.9 Å². The van der Waals surface area contributed by atoms with Gasteiger partial charge in [0.05, 0.1) is 59.2 Å². The van der Waals surface area contributed by atoms with Crippen LogP contribution in [0, 0.1) is 0 Å². The summed E-state index contributed by atoms with van der Waals surface area (Å²) >= 11 is 0. The average Bonchev–Trinajstić information content (AvgIpc) is 2.98. The molecule has 0 amide bonds. The van der Waals surface area contributed by atoms with Crippen molar-refractivity contribution in [1.82, 2.24) is 19.6 Å². The summed E-state index contributed by atoms with van der Waals surface area (Å²) in [5.74, 6) is -3.59. The third kappa shape index (κ3) is 17.4. The van der Waals surface area contributed by atoms with E-state index in [2.05, 4.69) is 0 Å². The second kappa shape index (κ2) is 22.2. The molecule has 1 atom stereocenters. The number of hydrogen-bond donors (Lipinski definition) is 4. The standard InChI is InChI=1S/C30H48N4O12/c1-43-12-13-44-14-15-45-16-17-46-26-4-2-24(3-5-26)18-25-19-33(22-29(39)40)9-8-31(20-27(35)36)6-7-32(21-28(37)38)10-11-34(25)23-30(41)42/h2-5,25H,6-23H2,1H3,(H,35,36)(H,37,38)(H,39,40)(H,41,42)/t25-/m1/s1. The number of ether oxygens (including phenoxy) is 4. The Morgan fingerprint density at radius 2 is 1.09 bits per heavy atom. The molecule has 0 radical (unpaired) electrons. The van der Waals surface area contributed by atoms with Crippen molar-refractivity contribution in [2.24, 2.45) is 0 Å². The molecule has 4 N–H and O–H groups in total. The largest absolute Gasteiger partial charge is 0.491 e. The molecule has 0 saturated carbocycles. The number of carboxylic acids is 4. The first-order chi connectivity index (χ1) is 22.0. The lowest BCUT2D eigenvalue weighted by Crippen LogP contribution is -2.53. The Kier molecular flexibility index (Phi) is 18.7. The third-order valence-corrected chi connectivity index (χ3v) is 7.26. The maximum absolute atomic E-state index is 11.9. The van der Waals surface area contributed by atoms with Crippen molar-refractivity contribution in [2.45, 2.75) is 12.5 Å². The van der Waals surface area contributed by atoms with Crippen molar-refractivity contribution in [3.63, 3.8) is 0 Å². The van der Waals surface area contributed by atoms with Gasteiger partial charge in [-0.1, -0.05) is 12.1 Å². The van der Waals surface area contributed by atoms with E-state index in [0.717, 1.165) is 5.56 Å². The van der Waals surface area contributed by atoms with E-state index in [-0.39, 0.29) is 72.0 Å². The van der Waals surface area contributed by atoms with E-state index in [1.165, 1.54) is 0 Å². The zero-order valence-corrected chi connectivity index (χ0v) is 26.5. The third-order valence-electron chi connectivity index (χ3n) is 7.26. The zero-order chi connectivity index (χ0) is 33.7. The predicted octanol–water partition coefficient (Wildman–Crippen LogP) is -0.784. The van der Waals surface area contributed by atoms with Crippen LogP contribution >= 0.6 is 0 Å². The molecule has 2 rings (SSSR count). The van der Waals surface area contributed by atoms with E-state index in [4.69, 9.17) is 18.9 Å². The highest BCUT2D eigenvalue weighted by Crippen LogP contribution is 2.17. The number of nitrogens with zero attached hydrogens (tertiary/aromatic N) is 4. The lowest BCUT2D eigenvalue weighted by atomic mass is 10.0. The minimum absolute atomic E-state index is 0.199. The van der Waals surface area contributed by atoms with Gasteiger partial charge in [0.15, 0.2) is 0 Å². The molecule has 0 bridgehead atoms. The van der Waals surface area contributed by atoms with Gasteiger partial charge in [0.25, 0.3) is 0 Å². The Morgan fingerprint density at radius 1 is 0.630 bits per heavy atom. The number of benzene rings is 1. The van der Waals surface area contributed by atoms with E-state index in [0.29, 0.717) is 51.8 Å². The quantitative estimate of drug-likeness (QED) is 0.127. The molecule has 16 heteroatoms. The minimum atomic E-state index is -1.06. The number of rotatable bonds is 20. The number of aliphatic carboxylic acids is 4.